The number of rotatable bonds is 2. The van der Waals surface area contributed by atoms with Crippen LogP contribution in [0.1, 0.15) is 0 Å². The van der Waals surface area contributed by atoms with Gasteiger partial charge in [-0.3, -0.25) is 0 Å². The Morgan fingerprint density at radius 1 is 1.88 bits per heavy atom. The fourth-order valence-electron chi connectivity index (χ4n) is 0.426. The molecule has 0 fully saturated rings. The quantitative estimate of drug-likeness (QED) is 0.607. The maximum absolute atomic E-state index is 3.97. The van der Waals surface area contributed by atoms with Crippen molar-refractivity contribution < 1.29 is 0 Å². The maximum atomic E-state index is 3.97. The molecule has 1 rings (SSSR count). The summed E-state index contributed by atoms with van der Waals surface area (Å²) in [6, 6.07) is 0. The molecule has 0 amide bonds. The van der Waals surface area contributed by atoms with Crippen LogP contribution in [0.15, 0.2) is 17.6 Å². The molecule has 0 saturated carbocycles. The van der Waals surface area contributed by atoms with E-state index in [2.05, 4.69) is 16.9 Å². The topological polar surface area (TPSA) is 28.7 Å². The van der Waals surface area contributed by atoms with Crippen molar-refractivity contribution in [3.63, 3.8) is 0 Å². The molecule has 1 aromatic heterocycles. The van der Waals surface area contributed by atoms with E-state index in [1.807, 2.05) is 0 Å². The van der Waals surface area contributed by atoms with Crippen molar-refractivity contribution in [2.24, 2.45) is 0 Å². The van der Waals surface area contributed by atoms with E-state index >= 15 is 0 Å². The highest BCUT2D eigenvalue weighted by atomic mass is 32.2. The predicted molar refractivity (Wildman–Crippen MR) is 34.7 cm³/mol. The number of aromatic nitrogens is 2. The van der Waals surface area contributed by atoms with Gasteiger partial charge in [0.15, 0.2) is 5.16 Å². The summed E-state index contributed by atoms with van der Waals surface area (Å²) in [6.45, 7) is 3.66. The number of hydrogen-bond acceptors (Lipinski definition) is 2. The molecule has 0 atom stereocenters. The van der Waals surface area contributed by atoms with Gasteiger partial charge >= 0.3 is 0 Å². The second-order valence-electron chi connectivity index (χ2n) is 1.24. The van der Waals surface area contributed by atoms with Crippen LogP contribution in [0, 0.1) is 6.92 Å². The minimum atomic E-state index is 0.827. The number of aromatic amines is 1. The molecule has 8 heavy (non-hydrogen) atoms. The Balaban J connectivity index is 2.50. The van der Waals surface area contributed by atoms with Gasteiger partial charge in [0.25, 0.3) is 0 Å². The SMILES string of the molecule is [CH2]CSc1ncc[nH]1. The molecule has 1 radical (unpaired) electrons. The molecule has 0 aliphatic heterocycles. The van der Waals surface area contributed by atoms with Gasteiger partial charge in [0.2, 0.25) is 0 Å². The van der Waals surface area contributed by atoms with Gasteiger partial charge in [-0.15, -0.1) is 0 Å². The minimum Gasteiger partial charge on any atom is -0.340 e. The Bertz CT molecular complexity index is 136. The zero-order chi connectivity index (χ0) is 5.82. The standard InChI is InChI=1S/C5H7N2S/c1-2-8-5-6-3-4-7-5/h3-4H,1-2H2,(H,6,7). The van der Waals surface area contributed by atoms with Crippen LogP contribution in [0.2, 0.25) is 0 Å². The summed E-state index contributed by atoms with van der Waals surface area (Å²) in [4.78, 5) is 6.92. The first-order chi connectivity index (χ1) is 3.93. The van der Waals surface area contributed by atoms with E-state index in [-0.39, 0.29) is 0 Å². The fourth-order valence-corrected chi connectivity index (χ4v) is 0.907. The molecule has 3 heteroatoms. The number of hydrogen-bond donors (Lipinski definition) is 1. The molecule has 0 aliphatic carbocycles. The molecule has 1 heterocycles. The van der Waals surface area contributed by atoms with E-state index < -0.39 is 0 Å². The highest BCUT2D eigenvalue weighted by Crippen LogP contribution is 2.08. The Morgan fingerprint density at radius 2 is 2.75 bits per heavy atom. The van der Waals surface area contributed by atoms with Crippen LogP contribution in [-0.4, -0.2) is 15.7 Å². The molecule has 43 valence electrons. The lowest BCUT2D eigenvalue weighted by Crippen LogP contribution is -1.72. The predicted octanol–water partition coefficient (Wildman–Crippen LogP) is 1.34. The normalized spacial score (nSPS) is 9.62. The third-order valence-corrected chi connectivity index (χ3v) is 1.41. The van der Waals surface area contributed by atoms with Crippen molar-refractivity contribution in [2.75, 3.05) is 5.75 Å². The molecule has 0 aliphatic rings. The van der Waals surface area contributed by atoms with Crippen LogP contribution in [0.5, 0.6) is 0 Å². The molecular weight excluding hydrogens is 120 g/mol. The van der Waals surface area contributed by atoms with Crippen LogP contribution in [0.3, 0.4) is 0 Å². The van der Waals surface area contributed by atoms with Crippen LogP contribution in [0.25, 0.3) is 0 Å². The van der Waals surface area contributed by atoms with Gasteiger partial charge in [-0.25, -0.2) is 4.98 Å². The fraction of sp³-hybridized carbons (Fsp3) is 0.200. The monoisotopic (exact) mass is 127 g/mol. The summed E-state index contributed by atoms with van der Waals surface area (Å²) in [5.74, 6) is 0.827. The molecule has 2 nitrogen and oxygen atoms in total. The van der Waals surface area contributed by atoms with Crippen LogP contribution in [-0.2, 0) is 0 Å². The first-order valence-electron chi connectivity index (χ1n) is 2.35. The van der Waals surface area contributed by atoms with Crippen molar-refractivity contribution in [1.82, 2.24) is 9.97 Å². The van der Waals surface area contributed by atoms with Gasteiger partial charge < -0.3 is 4.98 Å². The second-order valence-corrected chi connectivity index (χ2v) is 2.33. The molecule has 0 aromatic carbocycles. The van der Waals surface area contributed by atoms with E-state index in [4.69, 9.17) is 0 Å². The van der Waals surface area contributed by atoms with Gasteiger partial charge in [-0.2, -0.15) is 0 Å². The lowest BCUT2D eigenvalue weighted by Gasteiger charge is -1.85. The zero-order valence-electron chi connectivity index (χ0n) is 4.42. The van der Waals surface area contributed by atoms with Crippen molar-refractivity contribution in [3.05, 3.63) is 19.3 Å². The largest absolute Gasteiger partial charge is 0.340 e. The van der Waals surface area contributed by atoms with E-state index in [1.165, 1.54) is 0 Å². The Morgan fingerprint density at radius 3 is 3.25 bits per heavy atom. The Hall–Kier alpha value is -0.440. The van der Waals surface area contributed by atoms with E-state index in [0.29, 0.717) is 0 Å². The molecule has 0 bridgehead atoms. The van der Waals surface area contributed by atoms with E-state index in [1.54, 1.807) is 24.2 Å². The number of thioether (sulfide) groups is 1. The number of H-pyrrole nitrogens is 1. The zero-order valence-corrected chi connectivity index (χ0v) is 5.24. The van der Waals surface area contributed by atoms with Crippen molar-refractivity contribution in [1.29, 1.82) is 0 Å². The summed E-state index contributed by atoms with van der Waals surface area (Å²) in [6.07, 6.45) is 3.54. The van der Waals surface area contributed by atoms with Crippen molar-refractivity contribution >= 4 is 11.8 Å². The summed E-state index contributed by atoms with van der Waals surface area (Å²) in [5.41, 5.74) is 0. The van der Waals surface area contributed by atoms with E-state index in [0.717, 1.165) is 10.9 Å². The number of nitrogens with one attached hydrogen (secondary N) is 1. The maximum Gasteiger partial charge on any atom is 0.165 e. The van der Waals surface area contributed by atoms with Gasteiger partial charge in [-0.05, 0) is 6.92 Å². The van der Waals surface area contributed by atoms with Gasteiger partial charge in [0.1, 0.15) is 0 Å². The third kappa shape index (κ3) is 1.26. The average Bonchev–Trinajstić information content (AvgIpc) is 2.19. The lowest BCUT2D eigenvalue weighted by atomic mass is 11.0. The van der Waals surface area contributed by atoms with Crippen LogP contribution < -0.4 is 0 Å². The molecule has 0 saturated heterocycles. The molecule has 1 aromatic rings. The Kier molecular flexibility index (Phi) is 1.97. The summed E-state index contributed by atoms with van der Waals surface area (Å²) >= 11 is 1.60. The molecule has 0 spiro atoms. The second kappa shape index (κ2) is 2.77. The van der Waals surface area contributed by atoms with Crippen molar-refractivity contribution in [2.45, 2.75) is 5.16 Å². The smallest absolute Gasteiger partial charge is 0.165 e. The Labute approximate surface area is 52.7 Å². The highest BCUT2D eigenvalue weighted by molar-refractivity contribution is 7.99. The first kappa shape index (κ1) is 5.69. The minimum absolute atomic E-state index is 0.827. The van der Waals surface area contributed by atoms with Crippen LogP contribution in [0.4, 0.5) is 0 Å². The van der Waals surface area contributed by atoms with Gasteiger partial charge in [-0.1, -0.05) is 11.8 Å². The van der Waals surface area contributed by atoms with Gasteiger partial charge in [0, 0.05) is 18.1 Å². The number of nitrogens with zero attached hydrogens (tertiary/aromatic N) is 1. The number of imidazole rings is 1. The highest BCUT2D eigenvalue weighted by Gasteiger charge is 1.88. The van der Waals surface area contributed by atoms with Crippen LogP contribution >= 0.6 is 11.8 Å². The lowest BCUT2D eigenvalue weighted by molar-refractivity contribution is 1.06. The average molecular weight is 127 g/mol. The first-order valence-corrected chi connectivity index (χ1v) is 3.33. The molecule has 0 unspecified atom stereocenters. The third-order valence-electron chi connectivity index (χ3n) is 0.712. The molecular formula is C5H7N2S. The summed E-state index contributed by atoms with van der Waals surface area (Å²) < 4.78 is 0. The van der Waals surface area contributed by atoms with Crippen molar-refractivity contribution in [3.8, 4) is 0 Å². The summed E-state index contributed by atoms with van der Waals surface area (Å²) in [7, 11) is 0. The van der Waals surface area contributed by atoms with Gasteiger partial charge in [0.05, 0.1) is 0 Å². The van der Waals surface area contributed by atoms with E-state index in [9.17, 15) is 0 Å². The summed E-state index contributed by atoms with van der Waals surface area (Å²) in [5, 5.41) is 0.944. The molecule has 1 N–H and O–H groups in total.